The molecule has 0 rings (SSSR count). The number of esters is 4. The lowest BCUT2D eigenvalue weighted by atomic mass is 9.94. The summed E-state index contributed by atoms with van der Waals surface area (Å²) in [5.74, 6) is -0.372. The maximum absolute atomic E-state index is 14.3. The molecule has 0 saturated heterocycles. The van der Waals surface area contributed by atoms with Crippen LogP contribution in [-0.4, -0.2) is 49.3 Å². The highest BCUT2D eigenvalue weighted by Crippen LogP contribution is 2.28. The molecule has 0 amide bonds. The lowest BCUT2D eigenvalue weighted by Crippen LogP contribution is -2.48. The van der Waals surface area contributed by atoms with Crippen molar-refractivity contribution < 1.29 is 38.1 Å². The van der Waals surface area contributed by atoms with Crippen LogP contribution in [0.1, 0.15) is 382 Å². The molecule has 78 heavy (non-hydrogen) atoms. The topological polar surface area (TPSA) is 105 Å². The average molecular weight is 1100 g/mol. The minimum atomic E-state index is -2.14. The Morgan fingerprint density at radius 2 is 0.513 bits per heavy atom. The summed E-state index contributed by atoms with van der Waals surface area (Å²) in [4.78, 5) is 55.4. The molecule has 0 N–H and O–H groups in total. The highest BCUT2D eigenvalue weighted by atomic mass is 16.6. The van der Waals surface area contributed by atoms with Crippen LogP contribution in [0.25, 0.3) is 0 Å². The molecular weight excluding hydrogens is 969 g/mol. The van der Waals surface area contributed by atoms with Crippen LogP contribution in [0.4, 0.5) is 0 Å². The third kappa shape index (κ3) is 54.5. The third-order valence-electron chi connectivity index (χ3n) is 16.1. The van der Waals surface area contributed by atoms with Crippen LogP contribution in [0, 0.1) is 17.8 Å². The zero-order chi connectivity index (χ0) is 57.3. The Hall–Kier alpha value is -2.12. The highest BCUT2D eigenvalue weighted by Gasteiger charge is 2.49. The van der Waals surface area contributed by atoms with Gasteiger partial charge >= 0.3 is 23.9 Å². The van der Waals surface area contributed by atoms with E-state index in [2.05, 4.69) is 48.5 Å². The van der Waals surface area contributed by atoms with Gasteiger partial charge in [0.15, 0.2) is 0 Å². The van der Waals surface area contributed by atoms with Crippen molar-refractivity contribution in [3.05, 3.63) is 0 Å². The zero-order valence-corrected chi connectivity index (χ0v) is 53.4. The van der Waals surface area contributed by atoms with E-state index in [1.165, 1.54) is 225 Å². The molecule has 0 radical (unpaired) electrons. The lowest BCUT2D eigenvalue weighted by molar-refractivity contribution is -0.191. The maximum atomic E-state index is 14.3. The van der Waals surface area contributed by atoms with Crippen LogP contribution in [0.5, 0.6) is 0 Å². The van der Waals surface area contributed by atoms with Gasteiger partial charge < -0.3 is 18.9 Å². The van der Waals surface area contributed by atoms with Crippen molar-refractivity contribution in [3.8, 4) is 0 Å². The van der Waals surface area contributed by atoms with Gasteiger partial charge in [0, 0.05) is 6.42 Å². The smallest absolute Gasteiger partial charge is 0.351 e. The highest BCUT2D eigenvalue weighted by molar-refractivity contribution is 5.92. The van der Waals surface area contributed by atoms with Gasteiger partial charge in [-0.2, -0.15) is 0 Å². The third-order valence-corrected chi connectivity index (χ3v) is 16.1. The molecule has 0 aromatic carbocycles. The number of carbonyl (C=O) groups is 4. The molecule has 0 aliphatic rings. The lowest BCUT2D eigenvalue weighted by Gasteiger charge is -2.30. The van der Waals surface area contributed by atoms with Crippen molar-refractivity contribution >= 4 is 23.9 Å². The Balaban J connectivity index is 5.47. The second-order valence-corrected chi connectivity index (χ2v) is 25.6. The number of rotatable bonds is 62. The SMILES string of the molecule is CCCCCCCCCCCCCCCC(=O)OC(CC(=O)OCCCCCCCCCCCCCC(C)C)(CC(=O)OCCCCCCCCCCCCCC(C)C)C(=O)OCCCCCCCCCCCCCC(C)C. The summed E-state index contributed by atoms with van der Waals surface area (Å²) >= 11 is 0. The van der Waals surface area contributed by atoms with Crippen molar-refractivity contribution in [2.75, 3.05) is 19.8 Å². The van der Waals surface area contributed by atoms with Crippen LogP contribution in [0.3, 0.4) is 0 Å². The number of carbonyl (C=O) groups excluding carboxylic acids is 4. The summed E-state index contributed by atoms with van der Waals surface area (Å²) in [6, 6.07) is 0. The first-order chi connectivity index (χ1) is 37.9. The summed E-state index contributed by atoms with van der Waals surface area (Å²) in [6.07, 6.45) is 57.5. The predicted molar refractivity (Wildman–Crippen MR) is 332 cm³/mol. The Labute approximate surface area is 485 Å². The minimum absolute atomic E-state index is 0.103. The van der Waals surface area contributed by atoms with Crippen LogP contribution in [0.15, 0.2) is 0 Å². The zero-order valence-electron chi connectivity index (χ0n) is 53.4. The van der Waals surface area contributed by atoms with Crippen LogP contribution < -0.4 is 0 Å². The fourth-order valence-corrected chi connectivity index (χ4v) is 10.9. The van der Waals surface area contributed by atoms with Crippen LogP contribution >= 0.6 is 0 Å². The summed E-state index contributed by atoms with van der Waals surface area (Å²) in [5, 5.41) is 0. The molecule has 0 spiro atoms. The molecular formula is C70H134O8. The Morgan fingerprint density at radius 1 is 0.282 bits per heavy atom. The Bertz CT molecular complexity index is 1260. The van der Waals surface area contributed by atoms with Gasteiger partial charge in [-0.3, -0.25) is 14.4 Å². The number of unbranched alkanes of at least 4 members (excludes halogenated alkanes) is 42. The molecule has 0 heterocycles. The summed E-state index contributed by atoms with van der Waals surface area (Å²) < 4.78 is 23.4. The van der Waals surface area contributed by atoms with Crippen LogP contribution in [-0.2, 0) is 38.1 Å². The quantitative estimate of drug-likeness (QED) is 0.0337. The number of hydrogen-bond acceptors (Lipinski definition) is 8. The number of hydrogen-bond donors (Lipinski definition) is 0. The normalized spacial score (nSPS) is 11.8. The Morgan fingerprint density at radius 3 is 0.782 bits per heavy atom. The van der Waals surface area contributed by atoms with Gasteiger partial charge in [-0.15, -0.1) is 0 Å². The molecule has 0 aliphatic heterocycles. The second-order valence-electron chi connectivity index (χ2n) is 25.6. The summed E-state index contributed by atoms with van der Waals surface area (Å²) in [7, 11) is 0. The second kappa shape index (κ2) is 58.1. The molecule has 0 aromatic rings. The average Bonchev–Trinajstić information content (AvgIpc) is 3.42. The van der Waals surface area contributed by atoms with Gasteiger partial charge in [0.1, 0.15) is 0 Å². The van der Waals surface area contributed by atoms with Gasteiger partial charge in [-0.25, -0.2) is 4.79 Å². The summed E-state index contributed by atoms with van der Waals surface area (Å²) in [5.41, 5.74) is -2.14. The largest absolute Gasteiger partial charge is 0.466 e. The van der Waals surface area contributed by atoms with E-state index >= 15 is 0 Å². The molecule has 0 aliphatic carbocycles. The first-order valence-corrected chi connectivity index (χ1v) is 34.6. The van der Waals surface area contributed by atoms with Gasteiger partial charge in [0.25, 0.3) is 0 Å². The van der Waals surface area contributed by atoms with E-state index in [-0.39, 0.29) is 26.2 Å². The molecule has 8 nitrogen and oxygen atoms in total. The van der Waals surface area contributed by atoms with E-state index in [4.69, 9.17) is 18.9 Å². The molecule has 8 heteroatoms. The minimum Gasteiger partial charge on any atom is -0.466 e. The first-order valence-electron chi connectivity index (χ1n) is 34.6. The van der Waals surface area contributed by atoms with E-state index in [9.17, 15) is 19.2 Å². The van der Waals surface area contributed by atoms with E-state index < -0.39 is 42.3 Å². The standard InChI is InChI=1S/C70H134O8/c1-8-9-10-11-12-13-14-15-22-29-36-43-50-57-66(71)78-70(69(74)77-60-53-46-39-32-25-18-21-28-35-42-49-56-65(6)7,61-67(72)75-58-51-44-37-30-23-16-19-26-33-40-47-54-63(2)3)62-68(73)76-59-52-45-38-31-24-17-20-27-34-41-48-55-64(4)5/h63-65H,8-62H2,1-7H3. The molecule has 0 fully saturated rings. The van der Waals surface area contributed by atoms with Crippen LogP contribution in [0.2, 0.25) is 0 Å². The molecule has 0 atom stereocenters. The van der Waals surface area contributed by atoms with Gasteiger partial charge in [-0.1, -0.05) is 337 Å². The molecule has 462 valence electrons. The van der Waals surface area contributed by atoms with Crippen molar-refractivity contribution in [1.82, 2.24) is 0 Å². The monoisotopic (exact) mass is 1100 g/mol. The van der Waals surface area contributed by atoms with Crippen molar-refractivity contribution in [3.63, 3.8) is 0 Å². The predicted octanol–water partition coefficient (Wildman–Crippen LogP) is 22.2. The van der Waals surface area contributed by atoms with Gasteiger partial charge in [0.05, 0.1) is 32.7 Å². The molecule has 0 aromatic heterocycles. The maximum Gasteiger partial charge on any atom is 0.351 e. The van der Waals surface area contributed by atoms with Crippen molar-refractivity contribution in [1.29, 1.82) is 0 Å². The van der Waals surface area contributed by atoms with Gasteiger partial charge in [0.2, 0.25) is 5.60 Å². The van der Waals surface area contributed by atoms with Gasteiger partial charge in [-0.05, 0) is 43.4 Å². The summed E-state index contributed by atoms with van der Waals surface area (Å²) in [6.45, 7) is 16.6. The molecule has 0 saturated carbocycles. The number of ether oxygens (including phenoxy) is 4. The van der Waals surface area contributed by atoms with E-state index in [0.29, 0.717) is 12.8 Å². The first kappa shape index (κ1) is 75.9. The van der Waals surface area contributed by atoms with E-state index in [1.807, 2.05) is 0 Å². The fraction of sp³-hybridized carbons (Fsp3) is 0.943. The molecule has 0 unspecified atom stereocenters. The van der Waals surface area contributed by atoms with E-state index in [1.54, 1.807) is 0 Å². The molecule has 0 bridgehead atoms. The van der Waals surface area contributed by atoms with Crippen molar-refractivity contribution in [2.45, 2.75) is 388 Å². The van der Waals surface area contributed by atoms with E-state index in [0.717, 1.165) is 94.8 Å². The fourth-order valence-electron chi connectivity index (χ4n) is 10.9. The Kier molecular flexibility index (Phi) is 56.5. The van der Waals surface area contributed by atoms with Crippen molar-refractivity contribution in [2.24, 2.45) is 17.8 Å².